The lowest BCUT2D eigenvalue weighted by atomic mass is 10.00. The Morgan fingerprint density at radius 1 is 1.12 bits per heavy atom. The molecule has 0 aliphatic carbocycles. The van der Waals surface area contributed by atoms with Crippen LogP contribution in [0.3, 0.4) is 0 Å². The van der Waals surface area contributed by atoms with Crippen molar-refractivity contribution in [1.82, 2.24) is 4.98 Å². The lowest BCUT2D eigenvalue weighted by molar-refractivity contribution is -0.119. The normalized spacial score (nSPS) is 12.1. The number of carbonyl (C=O) groups excluding carboxylic acids is 1. The summed E-state index contributed by atoms with van der Waals surface area (Å²) < 4.78 is 0. The van der Waals surface area contributed by atoms with Crippen molar-refractivity contribution in [1.29, 1.82) is 0 Å². The van der Waals surface area contributed by atoms with Crippen LogP contribution in [0, 0.1) is 5.92 Å². The van der Waals surface area contributed by atoms with Gasteiger partial charge in [-0.1, -0.05) is 42.3 Å². The van der Waals surface area contributed by atoms with Crippen molar-refractivity contribution in [2.75, 3.05) is 5.32 Å². The molecule has 1 N–H and O–H groups in total. The molecule has 0 bridgehead atoms. The number of fused-ring (bicyclic) bond motifs is 1. The molecule has 1 atom stereocenters. The van der Waals surface area contributed by atoms with E-state index >= 15 is 0 Å². The van der Waals surface area contributed by atoms with Crippen LogP contribution >= 0.6 is 23.2 Å². The van der Waals surface area contributed by atoms with Gasteiger partial charge in [-0.05, 0) is 48.4 Å². The summed E-state index contributed by atoms with van der Waals surface area (Å²) in [6.07, 6.45) is 2.33. The van der Waals surface area contributed by atoms with E-state index in [0.717, 1.165) is 22.2 Å². The van der Waals surface area contributed by atoms with Gasteiger partial charge in [-0.15, -0.1) is 0 Å². The number of hydrogen-bond acceptors (Lipinski definition) is 2. The van der Waals surface area contributed by atoms with E-state index in [-0.39, 0.29) is 11.8 Å². The third-order valence-electron chi connectivity index (χ3n) is 3.88. The highest BCUT2D eigenvalue weighted by atomic mass is 35.5. The minimum atomic E-state index is -0.200. The fraction of sp³-hybridized carbons (Fsp3) is 0.158. The maximum Gasteiger partial charge on any atom is 0.227 e. The van der Waals surface area contributed by atoms with Crippen LogP contribution in [-0.2, 0) is 11.2 Å². The molecule has 122 valence electrons. The van der Waals surface area contributed by atoms with Crippen LogP contribution < -0.4 is 5.32 Å². The van der Waals surface area contributed by atoms with E-state index in [0.29, 0.717) is 16.5 Å². The Morgan fingerprint density at radius 3 is 2.75 bits per heavy atom. The van der Waals surface area contributed by atoms with Gasteiger partial charge in [0.15, 0.2) is 0 Å². The molecule has 0 saturated heterocycles. The Labute approximate surface area is 150 Å². The molecule has 2 aromatic carbocycles. The largest absolute Gasteiger partial charge is 0.325 e. The number of nitrogens with zero attached hydrogens (tertiary/aromatic N) is 1. The SMILES string of the molecule is CC(Cc1ccc(Cl)c(Cl)c1)C(=O)Nc1cccc2ncccc12. The molecular weight excluding hydrogens is 343 g/mol. The third-order valence-corrected chi connectivity index (χ3v) is 4.62. The van der Waals surface area contributed by atoms with Gasteiger partial charge in [0.1, 0.15) is 0 Å². The predicted octanol–water partition coefficient (Wildman–Crippen LogP) is 5.36. The lowest BCUT2D eigenvalue weighted by Crippen LogP contribution is -2.22. The van der Waals surface area contributed by atoms with Gasteiger partial charge < -0.3 is 5.32 Å². The topological polar surface area (TPSA) is 42.0 Å². The monoisotopic (exact) mass is 358 g/mol. The van der Waals surface area contributed by atoms with E-state index in [4.69, 9.17) is 23.2 Å². The second kappa shape index (κ2) is 7.20. The van der Waals surface area contributed by atoms with Gasteiger partial charge in [-0.3, -0.25) is 9.78 Å². The molecule has 3 nitrogen and oxygen atoms in total. The number of rotatable bonds is 4. The van der Waals surface area contributed by atoms with Crippen LogP contribution in [0.4, 0.5) is 5.69 Å². The van der Waals surface area contributed by atoms with Crippen LogP contribution in [0.2, 0.25) is 10.0 Å². The molecule has 0 fully saturated rings. The van der Waals surface area contributed by atoms with Crippen LogP contribution in [0.25, 0.3) is 10.9 Å². The van der Waals surface area contributed by atoms with Gasteiger partial charge in [0, 0.05) is 17.5 Å². The first-order valence-corrected chi connectivity index (χ1v) is 8.39. The van der Waals surface area contributed by atoms with Crippen molar-refractivity contribution in [2.24, 2.45) is 5.92 Å². The summed E-state index contributed by atoms with van der Waals surface area (Å²) in [5, 5.41) is 4.94. The molecular formula is C19H16Cl2N2O. The second-order valence-corrected chi connectivity index (χ2v) is 6.53. The van der Waals surface area contributed by atoms with E-state index < -0.39 is 0 Å². The number of hydrogen-bond donors (Lipinski definition) is 1. The minimum absolute atomic E-state index is 0.0441. The van der Waals surface area contributed by atoms with E-state index in [2.05, 4.69) is 10.3 Å². The Bertz CT molecular complexity index is 890. The number of amides is 1. The molecule has 1 heterocycles. The summed E-state index contributed by atoms with van der Waals surface area (Å²) in [6, 6.07) is 14.9. The molecule has 1 amide bonds. The molecule has 0 saturated carbocycles. The average Bonchev–Trinajstić information content (AvgIpc) is 2.58. The van der Waals surface area contributed by atoms with Gasteiger partial charge in [0.05, 0.1) is 21.2 Å². The van der Waals surface area contributed by atoms with Crippen molar-refractivity contribution in [3.63, 3.8) is 0 Å². The zero-order valence-corrected chi connectivity index (χ0v) is 14.6. The first-order valence-electron chi connectivity index (χ1n) is 7.63. The van der Waals surface area contributed by atoms with Crippen molar-refractivity contribution in [3.05, 3.63) is 70.3 Å². The van der Waals surface area contributed by atoms with Gasteiger partial charge in [0.2, 0.25) is 5.91 Å². The number of anilines is 1. The molecule has 0 aliphatic rings. The number of halogens is 2. The molecule has 5 heteroatoms. The van der Waals surface area contributed by atoms with Crippen LogP contribution in [-0.4, -0.2) is 10.9 Å². The highest BCUT2D eigenvalue weighted by molar-refractivity contribution is 6.42. The Balaban J connectivity index is 1.75. The van der Waals surface area contributed by atoms with Crippen LogP contribution in [0.5, 0.6) is 0 Å². The number of benzene rings is 2. The molecule has 24 heavy (non-hydrogen) atoms. The Morgan fingerprint density at radius 2 is 1.96 bits per heavy atom. The quantitative estimate of drug-likeness (QED) is 0.681. The van der Waals surface area contributed by atoms with Crippen molar-refractivity contribution >= 4 is 45.7 Å². The standard InChI is InChI=1S/C19H16Cl2N2O/c1-12(10-13-7-8-15(20)16(21)11-13)19(24)23-18-6-2-5-17-14(18)4-3-9-22-17/h2-9,11-12H,10H2,1H3,(H,23,24). The Kier molecular flexibility index (Phi) is 5.03. The number of nitrogens with one attached hydrogen (secondary N) is 1. The maximum absolute atomic E-state index is 12.5. The molecule has 3 rings (SSSR count). The smallest absolute Gasteiger partial charge is 0.227 e. The van der Waals surface area contributed by atoms with Crippen LogP contribution in [0.1, 0.15) is 12.5 Å². The highest BCUT2D eigenvalue weighted by Crippen LogP contribution is 2.25. The molecule has 3 aromatic rings. The minimum Gasteiger partial charge on any atom is -0.325 e. The van der Waals surface area contributed by atoms with Crippen molar-refractivity contribution < 1.29 is 4.79 Å². The number of pyridine rings is 1. The molecule has 1 aromatic heterocycles. The van der Waals surface area contributed by atoms with Crippen molar-refractivity contribution in [2.45, 2.75) is 13.3 Å². The summed E-state index contributed by atoms with van der Waals surface area (Å²) in [5.74, 6) is -0.244. The summed E-state index contributed by atoms with van der Waals surface area (Å²) >= 11 is 12.0. The molecule has 0 spiro atoms. The highest BCUT2D eigenvalue weighted by Gasteiger charge is 2.15. The summed E-state index contributed by atoms with van der Waals surface area (Å²) in [7, 11) is 0. The van der Waals surface area contributed by atoms with E-state index in [1.807, 2.05) is 43.3 Å². The average molecular weight is 359 g/mol. The van der Waals surface area contributed by atoms with Gasteiger partial charge in [-0.2, -0.15) is 0 Å². The van der Waals surface area contributed by atoms with Gasteiger partial charge >= 0.3 is 0 Å². The second-order valence-electron chi connectivity index (χ2n) is 5.72. The summed E-state index contributed by atoms with van der Waals surface area (Å²) in [6.45, 7) is 1.89. The maximum atomic E-state index is 12.5. The first-order chi connectivity index (χ1) is 11.5. The fourth-order valence-electron chi connectivity index (χ4n) is 2.58. The van der Waals surface area contributed by atoms with Gasteiger partial charge in [0.25, 0.3) is 0 Å². The zero-order valence-electron chi connectivity index (χ0n) is 13.1. The van der Waals surface area contributed by atoms with E-state index in [9.17, 15) is 4.79 Å². The van der Waals surface area contributed by atoms with E-state index in [1.165, 1.54) is 0 Å². The number of aromatic nitrogens is 1. The Hall–Kier alpha value is -2.10. The molecule has 0 aliphatic heterocycles. The zero-order chi connectivity index (χ0) is 17.1. The van der Waals surface area contributed by atoms with Gasteiger partial charge in [-0.25, -0.2) is 0 Å². The predicted molar refractivity (Wildman–Crippen MR) is 99.7 cm³/mol. The number of carbonyl (C=O) groups is 1. The van der Waals surface area contributed by atoms with Crippen LogP contribution in [0.15, 0.2) is 54.7 Å². The first kappa shape index (κ1) is 16.7. The summed E-state index contributed by atoms with van der Waals surface area (Å²) in [4.78, 5) is 16.8. The lowest BCUT2D eigenvalue weighted by Gasteiger charge is -2.14. The molecule has 0 radical (unpaired) electrons. The summed E-state index contributed by atoms with van der Waals surface area (Å²) in [5.41, 5.74) is 2.60. The fourth-order valence-corrected chi connectivity index (χ4v) is 2.90. The van der Waals surface area contributed by atoms with Crippen molar-refractivity contribution in [3.8, 4) is 0 Å². The third kappa shape index (κ3) is 3.69. The molecule has 1 unspecified atom stereocenters. The van der Waals surface area contributed by atoms with E-state index in [1.54, 1.807) is 18.3 Å².